The quantitative estimate of drug-likeness (QED) is 0.356. The molecule has 2 aromatic rings. The van der Waals surface area contributed by atoms with E-state index in [2.05, 4.69) is 22.1 Å². The summed E-state index contributed by atoms with van der Waals surface area (Å²) in [5, 5.41) is 21.6. The van der Waals surface area contributed by atoms with Gasteiger partial charge >= 0.3 is 5.69 Å². The van der Waals surface area contributed by atoms with Crippen LogP contribution in [0.5, 0.6) is 0 Å². The third kappa shape index (κ3) is 4.16. The number of benzene rings is 1. The third-order valence-corrected chi connectivity index (χ3v) is 3.94. The van der Waals surface area contributed by atoms with Gasteiger partial charge in [0.15, 0.2) is 5.16 Å². The molecule has 10 heteroatoms. The van der Waals surface area contributed by atoms with Crippen molar-refractivity contribution in [1.29, 1.82) is 0 Å². The predicted octanol–water partition coefficient (Wildman–Crippen LogP) is 2.55. The van der Waals surface area contributed by atoms with Crippen molar-refractivity contribution in [3.05, 3.63) is 52.6 Å². The number of nitrogens with zero attached hydrogens (tertiary/aromatic N) is 4. The van der Waals surface area contributed by atoms with Crippen molar-refractivity contribution < 1.29 is 14.1 Å². The van der Waals surface area contributed by atoms with E-state index in [1.54, 1.807) is 17.6 Å². The number of aryl methyl sites for hydroxylation is 1. The van der Waals surface area contributed by atoms with Crippen LogP contribution < -0.4 is 5.32 Å². The molecule has 1 heterocycles. The van der Waals surface area contributed by atoms with Crippen LogP contribution in [0.3, 0.4) is 0 Å². The minimum atomic E-state index is -0.958. The highest BCUT2D eigenvalue weighted by atomic mass is 32.2. The highest BCUT2D eigenvalue weighted by molar-refractivity contribution is 7.99. The Morgan fingerprint density at radius 3 is 2.96 bits per heavy atom. The number of halogens is 1. The van der Waals surface area contributed by atoms with Crippen LogP contribution in [0.1, 0.15) is 5.82 Å². The van der Waals surface area contributed by atoms with E-state index in [0.29, 0.717) is 17.5 Å². The van der Waals surface area contributed by atoms with E-state index in [1.807, 2.05) is 0 Å². The molecule has 0 spiro atoms. The van der Waals surface area contributed by atoms with Crippen LogP contribution in [0, 0.1) is 22.9 Å². The average molecular weight is 351 g/mol. The number of rotatable bonds is 7. The number of allylic oxidation sites excluding steroid dienone is 1. The fourth-order valence-electron chi connectivity index (χ4n) is 1.87. The molecule has 0 aliphatic heterocycles. The Morgan fingerprint density at radius 1 is 1.54 bits per heavy atom. The van der Waals surface area contributed by atoms with Crippen LogP contribution in [-0.4, -0.2) is 31.3 Å². The van der Waals surface area contributed by atoms with Crippen molar-refractivity contribution in [2.75, 3.05) is 11.1 Å². The number of thioether (sulfide) groups is 1. The Hall–Kier alpha value is -2.75. The molecule has 0 aliphatic carbocycles. The van der Waals surface area contributed by atoms with Crippen molar-refractivity contribution in [2.24, 2.45) is 0 Å². The fourth-order valence-corrected chi connectivity index (χ4v) is 2.66. The maximum atomic E-state index is 13.3. The SMILES string of the molecule is C=CCn1c(C)nnc1SCC(=O)Nc1ccc(F)c([N+](=O)[O-])c1. The van der Waals surface area contributed by atoms with Crippen LogP contribution in [0.25, 0.3) is 0 Å². The molecule has 0 atom stereocenters. The second-order valence-electron chi connectivity index (χ2n) is 4.69. The lowest BCUT2D eigenvalue weighted by Gasteiger charge is -2.06. The molecule has 126 valence electrons. The summed E-state index contributed by atoms with van der Waals surface area (Å²) in [4.78, 5) is 21.8. The molecular weight excluding hydrogens is 337 g/mol. The topological polar surface area (TPSA) is 103 Å². The number of nitro groups is 1. The number of aromatic nitrogens is 3. The number of hydrogen-bond donors (Lipinski definition) is 1. The molecule has 0 saturated carbocycles. The van der Waals surface area contributed by atoms with Crippen LogP contribution in [0.4, 0.5) is 15.8 Å². The van der Waals surface area contributed by atoms with Gasteiger partial charge in [-0.15, -0.1) is 16.8 Å². The number of hydrogen-bond acceptors (Lipinski definition) is 6. The van der Waals surface area contributed by atoms with Gasteiger partial charge < -0.3 is 9.88 Å². The molecule has 0 fully saturated rings. The van der Waals surface area contributed by atoms with Gasteiger partial charge in [0.25, 0.3) is 0 Å². The zero-order valence-corrected chi connectivity index (χ0v) is 13.5. The summed E-state index contributed by atoms with van der Waals surface area (Å²) in [6, 6.07) is 3.17. The number of anilines is 1. The van der Waals surface area contributed by atoms with Gasteiger partial charge in [-0.05, 0) is 19.1 Å². The molecule has 1 aromatic heterocycles. The molecule has 1 N–H and O–H groups in total. The summed E-state index contributed by atoms with van der Waals surface area (Å²) in [6.07, 6.45) is 1.69. The minimum absolute atomic E-state index is 0.0282. The molecule has 8 nitrogen and oxygen atoms in total. The van der Waals surface area contributed by atoms with E-state index in [1.165, 1.54) is 17.8 Å². The summed E-state index contributed by atoms with van der Waals surface area (Å²) >= 11 is 1.17. The lowest BCUT2D eigenvalue weighted by molar-refractivity contribution is -0.387. The van der Waals surface area contributed by atoms with Gasteiger partial charge in [0.05, 0.1) is 10.7 Å². The van der Waals surface area contributed by atoms with E-state index in [4.69, 9.17) is 0 Å². The van der Waals surface area contributed by atoms with Crippen LogP contribution >= 0.6 is 11.8 Å². The Morgan fingerprint density at radius 2 is 2.29 bits per heavy atom. The Balaban J connectivity index is 2.00. The van der Waals surface area contributed by atoms with Crippen molar-refractivity contribution in [3.63, 3.8) is 0 Å². The standard InChI is InChI=1S/C14H14FN5O3S/c1-3-6-19-9(2)17-18-14(19)24-8-13(21)16-10-4-5-11(15)12(7-10)20(22)23/h3-5,7H,1,6,8H2,2H3,(H,16,21). The first-order valence-corrected chi connectivity index (χ1v) is 7.78. The minimum Gasteiger partial charge on any atom is -0.325 e. The van der Waals surface area contributed by atoms with Crippen molar-refractivity contribution >= 4 is 29.0 Å². The van der Waals surface area contributed by atoms with E-state index >= 15 is 0 Å². The average Bonchev–Trinajstić information content (AvgIpc) is 2.88. The first-order valence-electron chi connectivity index (χ1n) is 6.79. The van der Waals surface area contributed by atoms with Crippen molar-refractivity contribution in [2.45, 2.75) is 18.6 Å². The molecule has 0 unspecified atom stereocenters. The lowest BCUT2D eigenvalue weighted by atomic mass is 10.2. The fraction of sp³-hybridized carbons (Fsp3) is 0.214. The normalized spacial score (nSPS) is 10.4. The van der Waals surface area contributed by atoms with Crippen LogP contribution in [-0.2, 0) is 11.3 Å². The van der Waals surface area contributed by atoms with Gasteiger partial charge in [0.2, 0.25) is 11.7 Å². The molecule has 24 heavy (non-hydrogen) atoms. The van der Waals surface area contributed by atoms with Gasteiger partial charge in [-0.2, -0.15) is 4.39 Å². The number of amides is 1. The summed E-state index contributed by atoms with van der Waals surface area (Å²) in [7, 11) is 0. The van der Waals surface area contributed by atoms with Gasteiger partial charge in [-0.3, -0.25) is 14.9 Å². The Labute approximate surface area is 140 Å². The van der Waals surface area contributed by atoms with Crippen molar-refractivity contribution in [1.82, 2.24) is 14.8 Å². The molecule has 1 amide bonds. The zero-order valence-electron chi connectivity index (χ0n) is 12.7. The number of carbonyl (C=O) groups is 1. The summed E-state index contributed by atoms with van der Waals surface area (Å²) in [5.41, 5.74) is -0.542. The molecule has 2 rings (SSSR count). The number of carbonyl (C=O) groups excluding carboxylic acids is 1. The summed E-state index contributed by atoms with van der Waals surface area (Å²) in [6.45, 7) is 5.96. The zero-order chi connectivity index (χ0) is 17.7. The molecule has 1 aromatic carbocycles. The molecule has 0 radical (unpaired) electrons. The molecule has 0 bridgehead atoms. The molecule has 0 saturated heterocycles. The van der Waals surface area contributed by atoms with Crippen LogP contribution in [0.2, 0.25) is 0 Å². The Bertz CT molecular complexity index is 793. The van der Waals surface area contributed by atoms with E-state index < -0.39 is 22.3 Å². The Kier molecular flexibility index (Phi) is 5.64. The monoisotopic (exact) mass is 351 g/mol. The van der Waals surface area contributed by atoms with E-state index in [9.17, 15) is 19.3 Å². The maximum absolute atomic E-state index is 13.3. The first kappa shape index (κ1) is 17.6. The third-order valence-electron chi connectivity index (χ3n) is 2.97. The highest BCUT2D eigenvalue weighted by Gasteiger charge is 2.16. The predicted molar refractivity (Wildman–Crippen MR) is 87.4 cm³/mol. The largest absolute Gasteiger partial charge is 0.325 e. The van der Waals surface area contributed by atoms with Gasteiger partial charge in [0, 0.05) is 18.3 Å². The van der Waals surface area contributed by atoms with Crippen LogP contribution in [0.15, 0.2) is 36.0 Å². The highest BCUT2D eigenvalue weighted by Crippen LogP contribution is 2.22. The number of nitro benzene ring substituents is 1. The second-order valence-corrected chi connectivity index (χ2v) is 5.63. The lowest BCUT2D eigenvalue weighted by Crippen LogP contribution is -2.15. The van der Waals surface area contributed by atoms with Gasteiger partial charge in [0.1, 0.15) is 5.82 Å². The van der Waals surface area contributed by atoms with Gasteiger partial charge in [-0.1, -0.05) is 17.8 Å². The van der Waals surface area contributed by atoms with Crippen molar-refractivity contribution in [3.8, 4) is 0 Å². The second kappa shape index (κ2) is 7.68. The van der Waals surface area contributed by atoms with Gasteiger partial charge in [-0.25, -0.2) is 0 Å². The van der Waals surface area contributed by atoms with E-state index in [-0.39, 0.29) is 11.4 Å². The summed E-state index contributed by atoms with van der Waals surface area (Å²) < 4.78 is 15.1. The molecular formula is C14H14FN5O3S. The summed E-state index contributed by atoms with van der Waals surface area (Å²) in [5.74, 6) is -0.625. The number of nitrogens with one attached hydrogen (secondary N) is 1. The molecule has 0 aliphatic rings. The maximum Gasteiger partial charge on any atom is 0.306 e. The van der Waals surface area contributed by atoms with E-state index in [0.717, 1.165) is 12.1 Å². The first-order chi connectivity index (χ1) is 11.4. The smallest absolute Gasteiger partial charge is 0.306 e.